The molecule has 0 aliphatic heterocycles. The zero-order valence-corrected chi connectivity index (χ0v) is 28.0. The molecule has 1 aliphatic carbocycles. The van der Waals surface area contributed by atoms with Crippen molar-refractivity contribution in [2.75, 3.05) is 0 Å². The molecule has 0 fully saturated rings. The summed E-state index contributed by atoms with van der Waals surface area (Å²) >= 11 is 0. The maximum atomic E-state index is 2.44. The van der Waals surface area contributed by atoms with E-state index in [0.717, 1.165) is 18.5 Å². The zero-order valence-electron chi connectivity index (χ0n) is 28.0. The van der Waals surface area contributed by atoms with Gasteiger partial charge in [-0.05, 0) is 108 Å². The molecule has 0 radical (unpaired) electrons. The number of aromatic nitrogens is 3. The van der Waals surface area contributed by atoms with Crippen LogP contribution in [0.1, 0.15) is 17.7 Å². The van der Waals surface area contributed by atoms with E-state index in [1.807, 2.05) is 0 Å². The highest BCUT2D eigenvalue weighted by Crippen LogP contribution is 2.40. The van der Waals surface area contributed by atoms with Gasteiger partial charge < -0.3 is 13.7 Å². The quantitative estimate of drug-likeness (QED) is 0.180. The van der Waals surface area contributed by atoms with Crippen LogP contribution in [0.15, 0.2) is 170 Å². The van der Waals surface area contributed by atoms with Gasteiger partial charge in [-0.1, -0.05) is 97.1 Å². The SMILES string of the molecule is C1=Cc2c(c3cc(-c4ccc(-n5c6ccccc6c6cc7c8ccccc8n(-c8ccccc8)c7cc65)cc4)ccc3n2-c2ccccc2)CC1. The summed E-state index contributed by atoms with van der Waals surface area (Å²) in [6.45, 7) is 0. The summed E-state index contributed by atoms with van der Waals surface area (Å²) in [6.07, 6.45) is 6.76. The molecule has 10 aromatic rings. The smallest absolute Gasteiger partial charge is 0.0562 e. The standard InChI is InChI=1S/C48H33N3/c1-3-13-34(14-4-1)49-43-20-10-7-17-37(43)40-29-33(25-28-46(40)49)32-23-26-36(27-24-32)51-45-22-12-9-19-39(45)42-30-41-38-18-8-11-21-44(38)50(47(41)31-48(42)51)35-15-5-2-6-16-35/h1-6,8-16,18-31H,7,17H2. The van der Waals surface area contributed by atoms with E-state index < -0.39 is 0 Å². The van der Waals surface area contributed by atoms with Gasteiger partial charge in [0.2, 0.25) is 0 Å². The lowest BCUT2D eigenvalue weighted by atomic mass is 9.98. The minimum Gasteiger partial charge on any atom is -0.310 e. The molecule has 0 saturated heterocycles. The summed E-state index contributed by atoms with van der Waals surface area (Å²) in [7, 11) is 0. The maximum absolute atomic E-state index is 2.44. The average Bonchev–Trinajstić information content (AvgIpc) is 3.83. The second kappa shape index (κ2) is 11.0. The van der Waals surface area contributed by atoms with E-state index in [1.165, 1.54) is 88.3 Å². The van der Waals surface area contributed by atoms with Crippen LogP contribution >= 0.6 is 0 Å². The Kier molecular flexibility index (Phi) is 6.08. The third-order valence-electron chi connectivity index (χ3n) is 10.9. The summed E-state index contributed by atoms with van der Waals surface area (Å²) in [4.78, 5) is 0. The molecular weight excluding hydrogens is 619 g/mol. The minimum atomic E-state index is 1.06. The van der Waals surface area contributed by atoms with Gasteiger partial charge in [-0.15, -0.1) is 0 Å². The van der Waals surface area contributed by atoms with Gasteiger partial charge in [0, 0.05) is 49.7 Å². The minimum absolute atomic E-state index is 1.06. The van der Waals surface area contributed by atoms with Crippen molar-refractivity contribution < 1.29 is 0 Å². The molecule has 1 aliphatic rings. The number of benzene rings is 7. The largest absolute Gasteiger partial charge is 0.310 e. The highest BCUT2D eigenvalue weighted by molar-refractivity contribution is 6.19. The summed E-state index contributed by atoms with van der Waals surface area (Å²) < 4.78 is 7.27. The molecule has 0 saturated carbocycles. The molecule has 0 atom stereocenters. The van der Waals surface area contributed by atoms with Crippen molar-refractivity contribution >= 4 is 60.6 Å². The van der Waals surface area contributed by atoms with Crippen LogP contribution in [0.3, 0.4) is 0 Å². The van der Waals surface area contributed by atoms with Gasteiger partial charge >= 0.3 is 0 Å². The highest BCUT2D eigenvalue weighted by atomic mass is 15.0. The summed E-state index contributed by atoms with van der Waals surface area (Å²) in [5, 5.41) is 6.43. The van der Waals surface area contributed by atoms with E-state index in [1.54, 1.807) is 0 Å². The first-order chi connectivity index (χ1) is 25.3. The number of hydrogen-bond donors (Lipinski definition) is 0. The first-order valence-electron chi connectivity index (χ1n) is 17.8. The molecule has 3 aromatic heterocycles. The lowest BCUT2D eigenvalue weighted by Gasteiger charge is -2.11. The van der Waals surface area contributed by atoms with Gasteiger partial charge in [0.15, 0.2) is 0 Å². The van der Waals surface area contributed by atoms with Crippen molar-refractivity contribution in [2.24, 2.45) is 0 Å². The molecule has 0 N–H and O–H groups in total. The second-order valence-electron chi connectivity index (χ2n) is 13.7. The predicted octanol–water partition coefficient (Wildman–Crippen LogP) is 12.5. The van der Waals surface area contributed by atoms with Crippen molar-refractivity contribution in [2.45, 2.75) is 12.8 Å². The molecular formula is C48H33N3. The van der Waals surface area contributed by atoms with Crippen LogP contribution in [-0.2, 0) is 6.42 Å². The van der Waals surface area contributed by atoms with Gasteiger partial charge in [-0.3, -0.25) is 0 Å². The van der Waals surface area contributed by atoms with Gasteiger partial charge in [0.25, 0.3) is 0 Å². The number of hydrogen-bond acceptors (Lipinski definition) is 0. The fourth-order valence-electron chi connectivity index (χ4n) is 8.64. The van der Waals surface area contributed by atoms with E-state index in [2.05, 4.69) is 190 Å². The van der Waals surface area contributed by atoms with Gasteiger partial charge in [-0.2, -0.15) is 0 Å². The highest BCUT2D eigenvalue weighted by Gasteiger charge is 2.20. The third-order valence-corrected chi connectivity index (χ3v) is 10.9. The van der Waals surface area contributed by atoms with Crippen molar-refractivity contribution in [3.8, 4) is 28.2 Å². The van der Waals surface area contributed by atoms with E-state index in [4.69, 9.17) is 0 Å². The Morgan fingerprint density at radius 1 is 0.353 bits per heavy atom. The van der Waals surface area contributed by atoms with Crippen LogP contribution in [0.2, 0.25) is 0 Å². The first kappa shape index (κ1) is 28.3. The molecule has 0 amide bonds. The van der Waals surface area contributed by atoms with Crippen molar-refractivity contribution in [1.82, 2.24) is 13.7 Å². The molecule has 0 bridgehead atoms. The van der Waals surface area contributed by atoms with Gasteiger partial charge in [-0.25, -0.2) is 0 Å². The van der Waals surface area contributed by atoms with Gasteiger partial charge in [0.05, 0.1) is 27.6 Å². The molecule has 7 aromatic carbocycles. The molecule has 51 heavy (non-hydrogen) atoms. The number of para-hydroxylation sites is 4. The van der Waals surface area contributed by atoms with Gasteiger partial charge in [0.1, 0.15) is 0 Å². The predicted molar refractivity (Wildman–Crippen MR) is 215 cm³/mol. The zero-order chi connectivity index (χ0) is 33.5. The molecule has 0 unspecified atom stereocenters. The van der Waals surface area contributed by atoms with Crippen molar-refractivity contribution in [3.05, 3.63) is 181 Å². The van der Waals surface area contributed by atoms with E-state index in [0.29, 0.717) is 0 Å². The molecule has 3 heteroatoms. The third kappa shape index (κ3) is 4.18. The number of allylic oxidation sites excluding steroid dienone is 1. The topological polar surface area (TPSA) is 14.8 Å². The lowest BCUT2D eigenvalue weighted by Crippen LogP contribution is -1.99. The number of aryl methyl sites for hydroxylation is 1. The number of rotatable bonds is 4. The van der Waals surface area contributed by atoms with Crippen LogP contribution in [-0.4, -0.2) is 13.7 Å². The Hall–Kier alpha value is -6.58. The first-order valence-corrected chi connectivity index (χ1v) is 17.8. The van der Waals surface area contributed by atoms with Crippen LogP contribution < -0.4 is 0 Å². The fraction of sp³-hybridized carbons (Fsp3) is 0.0417. The maximum Gasteiger partial charge on any atom is 0.0562 e. The average molecular weight is 652 g/mol. The van der Waals surface area contributed by atoms with Crippen LogP contribution in [0, 0.1) is 0 Å². The Morgan fingerprint density at radius 3 is 1.53 bits per heavy atom. The molecule has 240 valence electrons. The molecule has 3 nitrogen and oxygen atoms in total. The summed E-state index contributed by atoms with van der Waals surface area (Å²) in [6, 6.07) is 60.0. The Balaban J connectivity index is 1.08. The fourth-order valence-corrected chi connectivity index (χ4v) is 8.64. The van der Waals surface area contributed by atoms with E-state index in [9.17, 15) is 0 Å². The second-order valence-corrected chi connectivity index (χ2v) is 13.7. The van der Waals surface area contributed by atoms with E-state index in [-0.39, 0.29) is 0 Å². The monoisotopic (exact) mass is 651 g/mol. The lowest BCUT2D eigenvalue weighted by molar-refractivity contribution is 0.967. The number of nitrogens with zero attached hydrogens (tertiary/aromatic N) is 3. The van der Waals surface area contributed by atoms with Crippen LogP contribution in [0.5, 0.6) is 0 Å². The normalized spacial score (nSPS) is 12.9. The summed E-state index contributed by atoms with van der Waals surface area (Å²) in [5.41, 5.74) is 14.9. The van der Waals surface area contributed by atoms with E-state index >= 15 is 0 Å². The van der Waals surface area contributed by atoms with Crippen molar-refractivity contribution in [1.29, 1.82) is 0 Å². The molecule has 0 spiro atoms. The number of fused-ring (bicyclic) bond motifs is 9. The Labute approximate surface area is 295 Å². The molecule has 3 heterocycles. The molecule has 11 rings (SSSR count). The van der Waals surface area contributed by atoms with Crippen molar-refractivity contribution in [3.63, 3.8) is 0 Å². The van der Waals surface area contributed by atoms with Crippen LogP contribution in [0.25, 0.3) is 88.8 Å². The Morgan fingerprint density at radius 2 is 0.882 bits per heavy atom. The summed E-state index contributed by atoms with van der Waals surface area (Å²) in [5.74, 6) is 0. The van der Waals surface area contributed by atoms with Crippen LogP contribution in [0.4, 0.5) is 0 Å². The Bertz CT molecular complexity index is 2990.